The Labute approximate surface area is 157 Å². The molecule has 0 aliphatic carbocycles. The van der Waals surface area contributed by atoms with Gasteiger partial charge in [-0.1, -0.05) is 30.3 Å². The van der Waals surface area contributed by atoms with Crippen molar-refractivity contribution in [3.05, 3.63) is 66.0 Å². The molecule has 0 radical (unpaired) electrons. The van der Waals surface area contributed by atoms with E-state index in [4.69, 9.17) is 10.5 Å². The van der Waals surface area contributed by atoms with Crippen LogP contribution < -0.4 is 10.5 Å². The highest BCUT2D eigenvalue weighted by Crippen LogP contribution is 2.15. The van der Waals surface area contributed by atoms with E-state index in [1.54, 1.807) is 9.80 Å². The summed E-state index contributed by atoms with van der Waals surface area (Å²) in [4.78, 5) is 28.2. The molecule has 2 aromatic carbocycles. The van der Waals surface area contributed by atoms with Crippen molar-refractivity contribution in [2.45, 2.75) is 6.04 Å². The van der Waals surface area contributed by atoms with Gasteiger partial charge in [0.05, 0.1) is 0 Å². The van der Waals surface area contributed by atoms with Crippen LogP contribution >= 0.6 is 0 Å². The molecule has 2 N–H and O–H groups in total. The molecule has 1 aliphatic rings. The van der Waals surface area contributed by atoms with Crippen LogP contribution in [0.4, 0.5) is 4.39 Å². The van der Waals surface area contributed by atoms with Crippen molar-refractivity contribution >= 4 is 11.8 Å². The Kier molecular flexibility index (Phi) is 6.03. The average Bonchev–Trinajstić information content (AvgIpc) is 2.73. The van der Waals surface area contributed by atoms with E-state index < -0.39 is 6.04 Å². The molecular weight excluding hydrogens is 349 g/mol. The summed E-state index contributed by atoms with van der Waals surface area (Å²) >= 11 is 0. The Morgan fingerprint density at radius 3 is 2.19 bits per heavy atom. The first-order valence-corrected chi connectivity index (χ1v) is 8.80. The summed E-state index contributed by atoms with van der Waals surface area (Å²) in [7, 11) is 0. The minimum atomic E-state index is -0.699. The fourth-order valence-corrected chi connectivity index (χ4v) is 2.94. The summed E-state index contributed by atoms with van der Waals surface area (Å²) < 4.78 is 18.3. The quantitative estimate of drug-likeness (QED) is 0.866. The Morgan fingerprint density at radius 2 is 1.56 bits per heavy atom. The van der Waals surface area contributed by atoms with E-state index >= 15 is 0 Å². The number of nitrogens with zero attached hydrogens (tertiary/aromatic N) is 2. The van der Waals surface area contributed by atoms with Gasteiger partial charge in [0.25, 0.3) is 5.91 Å². The van der Waals surface area contributed by atoms with Gasteiger partial charge < -0.3 is 20.3 Å². The first-order chi connectivity index (χ1) is 13.0. The maximum atomic E-state index is 12.9. The second kappa shape index (κ2) is 8.64. The summed E-state index contributed by atoms with van der Waals surface area (Å²) in [6, 6.07) is 14.0. The lowest BCUT2D eigenvalue weighted by molar-refractivity contribution is -0.141. The zero-order valence-corrected chi connectivity index (χ0v) is 14.9. The van der Waals surface area contributed by atoms with Crippen molar-refractivity contribution in [1.29, 1.82) is 0 Å². The number of benzene rings is 2. The molecular formula is C20H22FN3O3. The predicted molar refractivity (Wildman–Crippen MR) is 98.4 cm³/mol. The fourth-order valence-electron chi connectivity index (χ4n) is 2.94. The number of carbonyl (C=O) groups is 2. The van der Waals surface area contributed by atoms with Gasteiger partial charge >= 0.3 is 0 Å². The van der Waals surface area contributed by atoms with Gasteiger partial charge in [0, 0.05) is 26.2 Å². The van der Waals surface area contributed by atoms with Crippen molar-refractivity contribution in [3.8, 4) is 5.75 Å². The standard InChI is InChI=1S/C20H22FN3O3/c21-16-6-8-17(9-7-16)27-14-18(25)23-10-12-24(13-11-23)20(26)19(22)15-4-2-1-3-5-15/h1-9,19H,10-14,22H2. The number of nitrogens with two attached hydrogens (primary N) is 1. The van der Waals surface area contributed by atoms with Crippen LogP contribution in [0.2, 0.25) is 0 Å². The molecule has 1 fully saturated rings. The Morgan fingerprint density at radius 1 is 0.963 bits per heavy atom. The second-order valence-electron chi connectivity index (χ2n) is 6.34. The zero-order valence-electron chi connectivity index (χ0n) is 14.9. The first kappa shape index (κ1) is 18.8. The molecule has 1 atom stereocenters. The van der Waals surface area contributed by atoms with Gasteiger partial charge in [-0.15, -0.1) is 0 Å². The van der Waals surface area contributed by atoms with E-state index in [1.807, 2.05) is 30.3 Å². The molecule has 1 unspecified atom stereocenters. The van der Waals surface area contributed by atoms with Crippen molar-refractivity contribution in [3.63, 3.8) is 0 Å². The third-order valence-corrected chi connectivity index (χ3v) is 4.54. The van der Waals surface area contributed by atoms with Crippen LogP contribution in [0, 0.1) is 5.82 Å². The third-order valence-electron chi connectivity index (χ3n) is 4.54. The van der Waals surface area contributed by atoms with E-state index in [1.165, 1.54) is 24.3 Å². The van der Waals surface area contributed by atoms with Gasteiger partial charge in [0.2, 0.25) is 5.91 Å². The number of rotatable bonds is 5. The van der Waals surface area contributed by atoms with Gasteiger partial charge in [0.15, 0.2) is 6.61 Å². The summed E-state index contributed by atoms with van der Waals surface area (Å²) in [5.74, 6) is -0.231. The number of carbonyl (C=O) groups excluding carboxylic acids is 2. The number of ether oxygens (including phenoxy) is 1. The van der Waals surface area contributed by atoms with E-state index in [2.05, 4.69) is 0 Å². The number of hydrogen-bond donors (Lipinski definition) is 1. The van der Waals surface area contributed by atoms with E-state index in [9.17, 15) is 14.0 Å². The molecule has 2 amide bonds. The summed E-state index contributed by atoms with van der Waals surface area (Å²) in [6.07, 6.45) is 0. The molecule has 1 heterocycles. The molecule has 0 spiro atoms. The molecule has 2 aromatic rings. The molecule has 1 aliphatic heterocycles. The van der Waals surface area contributed by atoms with Crippen LogP contribution in [-0.4, -0.2) is 54.4 Å². The fraction of sp³-hybridized carbons (Fsp3) is 0.300. The summed E-state index contributed by atoms with van der Waals surface area (Å²) in [5, 5.41) is 0. The number of halogens is 1. The Bertz CT molecular complexity index is 775. The molecule has 142 valence electrons. The second-order valence-corrected chi connectivity index (χ2v) is 6.34. The Balaban J connectivity index is 1.47. The number of hydrogen-bond acceptors (Lipinski definition) is 4. The highest BCUT2D eigenvalue weighted by molar-refractivity contribution is 5.83. The molecule has 3 rings (SSSR count). The summed E-state index contributed by atoms with van der Waals surface area (Å²) in [5.41, 5.74) is 6.84. The minimum absolute atomic E-state index is 0.122. The maximum Gasteiger partial charge on any atom is 0.260 e. The van der Waals surface area contributed by atoms with E-state index in [0.29, 0.717) is 31.9 Å². The van der Waals surface area contributed by atoms with E-state index in [-0.39, 0.29) is 24.2 Å². The maximum absolute atomic E-state index is 12.9. The normalized spacial score (nSPS) is 15.3. The molecule has 0 aromatic heterocycles. The Hall–Kier alpha value is -2.93. The van der Waals surface area contributed by atoms with Crippen LogP contribution in [0.5, 0.6) is 5.75 Å². The predicted octanol–water partition coefficient (Wildman–Crippen LogP) is 1.58. The largest absolute Gasteiger partial charge is 0.484 e. The minimum Gasteiger partial charge on any atom is -0.484 e. The van der Waals surface area contributed by atoms with Crippen molar-refractivity contribution in [2.75, 3.05) is 32.8 Å². The monoisotopic (exact) mass is 371 g/mol. The molecule has 0 saturated carbocycles. The van der Waals surface area contributed by atoms with E-state index in [0.717, 1.165) is 5.56 Å². The number of piperazine rings is 1. The average molecular weight is 371 g/mol. The SMILES string of the molecule is NC(C(=O)N1CCN(C(=O)COc2ccc(F)cc2)CC1)c1ccccc1. The van der Waals surface area contributed by atoms with Crippen LogP contribution in [0.25, 0.3) is 0 Å². The van der Waals surface area contributed by atoms with Crippen LogP contribution in [0.1, 0.15) is 11.6 Å². The highest BCUT2D eigenvalue weighted by Gasteiger charge is 2.27. The lowest BCUT2D eigenvalue weighted by Gasteiger charge is -2.35. The lowest BCUT2D eigenvalue weighted by atomic mass is 10.1. The first-order valence-electron chi connectivity index (χ1n) is 8.80. The molecule has 7 heteroatoms. The van der Waals surface area contributed by atoms with Gasteiger partial charge in [-0.3, -0.25) is 9.59 Å². The summed E-state index contributed by atoms with van der Waals surface area (Å²) in [6.45, 7) is 1.60. The smallest absolute Gasteiger partial charge is 0.260 e. The topological polar surface area (TPSA) is 75.9 Å². The zero-order chi connectivity index (χ0) is 19.2. The number of amides is 2. The van der Waals surface area contributed by atoms with Crippen molar-refractivity contribution < 1.29 is 18.7 Å². The van der Waals surface area contributed by atoms with Gasteiger partial charge in [-0.05, 0) is 29.8 Å². The van der Waals surface area contributed by atoms with Crippen molar-refractivity contribution in [1.82, 2.24) is 9.80 Å². The highest BCUT2D eigenvalue weighted by atomic mass is 19.1. The van der Waals surface area contributed by atoms with Gasteiger partial charge in [0.1, 0.15) is 17.6 Å². The molecule has 0 bridgehead atoms. The molecule has 1 saturated heterocycles. The van der Waals surface area contributed by atoms with Gasteiger partial charge in [-0.25, -0.2) is 4.39 Å². The lowest BCUT2D eigenvalue weighted by Crippen LogP contribution is -2.53. The van der Waals surface area contributed by atoms with Crippen LogP contribution in [0.3, 0.4) is 0 Å². The van der Waals surface area contributed by atoms with Gasteiger partial charge in [-0.2, -0.15) is 0 Å². The third kappa shape index (κ3) is 4.83. The molecule has 6 nitrogen and oxygen atoms in total. The molecule has 27 heavy (non-hydrogen) atoms. The van der Waals surface area contributed by atoms with Crippen LogP contribution in [0.15, 0.2) is 54.6 Å². The van der Waals surface area contributed by atoms with Crippen molar-refractivity contribution in [2.24, 2.45) is 5.73 Å². The van der Waals surface area contributed by atoms with Crippen LogP contribution in [-0.2, 0) is 9.59 Å².